The van der Waals surface area contributed by atoms with Crippen LogP contribution in [0.15, 0.2) is 24.3 Å². The highest BCUT2D eigenvalue weighted by atomic mass is 35.5. The molecule has 2 unspecified atom stereocenters. The van der Waals surface area contributed by atoms with Gasteiger partial charge in [0.05, 0.1) is 12.2 Å². The smallest absolute Gasteiger partial charge is 0.314 e. The van der Waals surface area contributed by atoms with Crippen molar-refractivity contribution in [3.63, 3.8) is 0 Å². The molecule has 0 radical (unpaired) electrons. The minimum Gasteiger partial charge on any atom is -0.391 e. The molecule has 2 amide bonds. The molecule has 21 heavy (non-hydrogen) atoms. The second-order valence-electron chi connectivity index (χ2n) is 4.81. The number of ether oxygens (including phenoxy) is 1. The highest BCUT2D eigenvalue weighted by molar-refractivity contribution is 6.30. The Morgan fingerprint density at radius 1 is 1.38 bits per heavy atom. The summed E-state index contributed by atoms with van der Waals surface area (Å²) in [6, 6.07) is 7.00. The van der Waals surface area contributed by atoms with Gasteiger partial charge in [-0.15, -0.1) is 0 Å². The molecule has 0 fully saturated rings. The summed E-state index contributed by atoms with van der Waals surface area (Å²) in [6.45, 7) is 2.55. The number of rotatable bonds is 8. The van der Waals surface area contributed by atoms with Crippen LogP contribution in [0.2, 0.25) is 5.02 Å². The maximum atomic E-state index is 11.7. The number of hydrogen-bond acceptors (Lipinski definition) is 3. The number of halogens is 1. The molecule has 0 spiro atoms. The first-order valence-corrected chi connectivity index (χ1v) is 7.42. The lowest BCUT2D eigenvalue weighted by Crippen LogP contribution is -2.41. The molecule has 5 nitrogen and oxygen atoms in total. The first-order valence-electron chi connectivity index (χ1n) is 7.04. The predicted octanol–water partition coefficient (Wildman–Crippen LogP) is 2.49. The van der Waals surface area contributed by atoms with E-state index in [9.17, 15) is 9.90 Å². The van der Waals surface area contributed by atoms with Crippen molar-refractivity contribution in [2.24, 2.45) is 0 Å². The lowest BCUT2D eigenvalue weighted by Gasteiger charge is -2.17. The molecular formula is C15H23ClN2O3. The van der Waals surface area contributed by atoms with Gasteiger partial charge in [-0.2, -0.15) is 0 Å². The van der Waals surface area contributed by atoms with E-state index in [1.165, 1.54) is 0 Å². The molecular weight excluding hydrogens is 292 g/mol. The normalized spacial score (nSPS) is 13.5. The third kappa shape index (κ3) is 6.80. The van der Waals surface area contributed by atoms with Gasteiger partial charge in [-0.3, -0.25) is 0 Å². The number of benzene rings is 1. The molecule has 0 aromatic heterocycles. The van der Waals surface area contributed by atoms with Crippen molar-refractivity contribution in [2.75, 3.05) is 20.2 Å². The van der Waals surface area contributed by atoms with Crippen molar-refractivity contribution < 1.29 is 14.6 Å². The number of nitrogens with one attached hydrogen (secondary N) is 2. The lowest BCUT2D eigenvalue weighted by atomic mass is 10.1. The molecule has 1 aromatic rings. The number of carbonyl (C=O) groups excluding carboxylic acids is 1. The molecule has 0 saturated carbocycles. The van der Waals surface area contributed by atoms with E-state index in [-0.39, 0.29) is 18.7 Å². The van der Waals surface area contributed by atoms with Crippen LogP contribution in [0.1, 0.15) is 31.4 Å². The second kappa shape index (κ2) is 9.60. The van der Waals surface area contributed by atoms with E-state index in [1.807, 2.05) is 19.1 Å². The van der Waals surface area contributed by atoms with Crippen LogP contribution < -0.4 is 10.6 Å². The number of methoxy groups -OCH3 is 1. The second-order valence-corrected chi connectivity index (χ2v) is 5.25. The molecule has 0 heterocycles. The minimum atomic E-state index is -0.507. The van der Waals surface area contributed by atoms with Gasteiger partial charge in [-0.05, 0) is 24.1 Å². The Labute approximate surface area is 130 Å². The quantitative estimate of drug-likeness (QED) is 0.690. The number of hydrogen-bond donors (Lipinski definition) is 3. The van der Waals surface area contributed by atoms with Crippen LogP contribution in [0.5, 0.6) is 0 Å². The molecule has 0 aliphatic rings. The fraction of sp³-hybridized carbons (Fsp3) is 0.533. The van der Waals surface area contributed by atoms with Gasteiger partial charge in [-0.25, -0.2) is 4.79 Å². The van der Waals surface area contributed by atoms with Crippen LogP contribution in [0.4, 0.5) is 4.79 Å². The molecule has 1 rings (SSSR count). The zero-order chi connectivity index (χ0) is 15.7. The van der Waals surface area contributed by atoms with Crippen LogP contribution in [-0.2, 0) is 4.74 Å². The summed E-state index contributed by atoms with van der Waals surface area (Å²) in [5.74, 6) is 0. The molecule has 0 aliphatic carbocycles. The van der Waals surface area contributed by atoms with Crippen LogP contribution in [0.3, 0.4) is 0 Å². The summed E-state index contributed by atoms with van der Waals surface area (Å²) < 4.78 is 5.36. The van der Waals surface area contributed by atoms with Crippen LogP contribution in [-0.4, -0.2) is 37.4 Å². The van der Waals surface area contributed by atoms with Crippen LogP contribution in [0.25, 0.3) is 0 Å². The Hall–Kier alpha value is -1.30. The summed E-state index contributed by atoms with van der Waals surface area (Å²) in [5.41, 5.74) is 0.899. The minimum absolute atomic E-state index is 0.245. The molecule has 2 atom stereocenters. The van der Waals surface area contributed by atoms with Gasteiger partial charge in [0.15, 0.2) is 0 Å². The van der Waals surface area contributed by atoms with E-state index in [1.54, 1.807) is 19.2 Å². The summed E-state index contributed by atoms with van der Waals surface area (Å²) in [4.78, 5) is 11.7. The molecule has 3 N–H and O–H groups in total. The number of urea groups is 1. The summed E-state index contributed by atoms with van der Waals surface area (Å²) in [7, 11) is 1.58. The van der Waals surface area contributed by atoms with E-state index >= 15 is 0 Å². The molecule has 0 aliphatic heterocycles. The Morgan fingerprint density at radius 2 is 2.10 bits per heavy atom. The fourth-order valence-corrected chi connectivity index (χ4v) is 2.14. The predicted molar refractivity (Wildman–Crippen MR) is 83.5 cm³/mol. The standard InChI is InChI=1S/C15H23ClN2O3/c1-3-5-13(19)9-17-15(20)18-10-14(21-2)11-6-4-7-12(16)8-11/h4,6-8,13-14,19H,3,5,9-10H2,1-2H3,(H2,17,18,20). The molecule has 0 saturated heterocycles. The average molecular weight is 315 g/mol. The van der Waals surface area contributed by atoms with Crippen molar-refractivity contribution in [3.05, 3.63) is 34.9 Å². The maximum Gasteiger partial charge on any atom is 0.314 e. The van der Waals surface area contributed by atoms with E-state index in [4.69, 9.17) is 16.3 Å². The number of aliphatic hydroxyl groups is 1. The van der Waals surface area contributed by atoms with E-state index in [0.717, 1.165) is 12.0 Å². The van der Waals surface area contributed by atoms with Gasteiger partial charge in [0.1, 0.15) is 0 Å². The molecule has 0 bridgehead atoms. The highest BCUT2D eigenvalue weighted by Crippen LogP contribution is 2.19. The average Bonchev–Trinajstić information content (AvgIpc) is 2.46. The Kier molecular flexibility index (Phi) is 8.12. The van der Waals surface area contributed by atoms with Crippen molar-refractivity contribution in [1.82, 2.24) is 10.6 Å². The van der Waals surface area contributed by atoms with Gasteiger partial charge in [0.2, 0.25) is 0 Å². The maximum absolute atomic E-state index is 11.7. The summed E-state index contributed by atoms with van der Waals surface area (Å²) >= 11 is 5.94. The summed E-state index contributed by atoms with van der Waals surface area (Å²) in [6.07, 6.45) is 0.774. The highest BCUT2D eigenvalue weighted by Gasteiger charge is 2.13. The van der Waals surface area contributed by atoms with Gasteiger partial charge in [0, 0.05) is 25.2 Å². The largest absolute Gasteiger partial charge is 0.391 e. The number of amides is 2. The Bertz CT molecular complexity index is 443. The van der Waals surface area contributed by atoms with Gasteiger partial charge < -0.3 is 20.5 Å². The Balaban J connectivity index is 2.39. The van der Waals surface area contributed by atoms with Crippen LogP contribution in [0, 0.1) is 0 Å². The fourth-order valence-electron chi connectivity index (χ4n) is 1.94. The topological polar surface area (TPSA) is 70.6 Å². The third-order valence-electron chi connectivity index (χ3n) is 3.07. The molecule has 6 heteroatoms. The zero-order valence-corrected chi connectivity index (χ0v) is 13.2. The number of carbonyl (C=O) groups is 1. The van der Waals surface area contributed by atoms with Crippen molar-refractivity contribution in [2.45, 2.75) is 32.0 Å². The SMILES string of the molecule is CCCC(O)CNC(=O)NCC(OC)c1cccc(Cl)c1. The lowest BCUT2D eigenvalue weighted by molar-refractivity contribution is 0.103. The number of aliphatic hydroxyl groups excluding tert-OH is 1. The molecule has 1 aromatic carbocycles. The van der Waals surface area contributed by atoms with E-state index in [0.29, 0.717) is 18.0 Å². The Morgan fingerprint density at radius 3 is 2.71 bits per heavy atom. The van der Waals surface area contributed by atoms with Gasteiger partial charge in [-0.1, -0.05) is 37.1 Å². The van der Waals surface area contributed by atoms with E-state index in [2.05, 4.69) is 10.6 Å². The van der Waals surface area contributed by atoms with E-state index < -0.39 is 6.10 Å². The van der Waals surface area contributed by atoms with Crippen molar-refractivity contribution >= 4 is 17.6 Å². The zero-order valence-electron chi connectivity index (χ0n) is 12.4. The third-order valence-corrected chi connectivity index (χ3v) is 3.31. The van der Waals surface area contributed by atoms with Crippen molar-refractivity contribution in [1.29, 1.82) is 0 Å². The van der Waals surface area contributed by atoms with Gasteiger partial charge in [0.25, 0.3) is 0 Å². The first kappa shape index (κ1) is 17.8. The monoisotopic (exact) mass is 314 g/mol. The molecule has 118 valence electrons. The van der Waals surface area contributed by atoms with Gasteiger partial charge >= 0.3 is 6.03 Å². The van der Waals surface area contributed by atoms with Crippen LogP contribution >= 0.6 is 11.6 Å². The first-order chi connectivity index (χ1) is 10.1. The van der Waals surface area contributed by atoms with Crippen molar-refractivity contribution in [3.8, 4) is 0 Å². The summed E-state index contributed by atoms with van der Waals surface area (Å²) in [5, 5.41) is 15.5.